The van der Waals surface area contributed by atoms with E-state index in [1.54, 1.807) is 0 Å². The number of carboxylic acids is 1. The standard InChI is InChI=1S/C16H30O4/c1-6-7-8-9-20-15(19)16(14(17)18,10-12(2)3)11-13(4)5/h12-13H,6-11H2,1-5H3,(H,17,18). The highest BCUT2D eigenvalue weighted by Crippen LogP contribution is 2.35. The number of hydrogen-bond donors (Lipinski definition) is 1. The Balaban J connectivity index is 4.96. The summed E-state index contributed by atoms with van der Waals surface area (Å²) >= 11 is 0. The van der Waals surface area contributed by atoms with Gasteiger partial charge in [-0.15, -0.1) is 0 Å². The van der Waals surface area contributed by atoms with E-state index in [9.17, 15) is 14.7 Å². The maximum atomic E-state index is 12.3. The molecule has 20 heavy (non-hydrogen) atoms. The predicted molar refractivity (Wildman–Crippen MR) is 79.5 cm³/mol. The number of carbonyl (C=O) groups is 2. The molecule has 4 heteroatoms. The van der Waals surface area contributed by atoms with E-state index in [1.165, 1.54) is 0 Å². The van der Waals surface area contributed by atoms with E-state index in [0.29, 0.717) is 19.4 Å². The quantitative estimate of drug-likeness (QED) is 0.376. The molecule has 0 radical (unpaired) electrons. The SMILES string of the molecule is CCCCCOC(=O)C(CC(C)C)(CC(C)C)C(=O)O. The summed E-state index contributed by atoms with van der Waals surface area (Å²) in [5, 5.41) is 9.59. The lowest BCUT2D eigenvalue weighted by atomic mass is 9.74. The van der Waals surface area contributed by atoms with Gasteiger partial charge in [-0.1, -0.05) is 47.5 Å². The van der Waals surface area contributed by atoms with Gasteiger partial charge in [0, 0.05) is 0 Å². The van der Waals surface area contributed by atoms with Crippen LogP contribution in [0.15, 0.2) is 0 Å². The third-order valence-corrected chi connectivity index (χ3v) is 3.29. The Morgan fingerprint density at radius 3 is 1.90 bits per heavy atom. The number of hydrogen-bond acceptors (Lipinski definition) is 3. The largest absolute Gasteiger partial charge is 0.480 e. The zero-order valence-corrected chi connectivity index (χ0v) is 13.6. The Bertz CT molecular complexity index is 298. The van der Waals surface area contributed by atoms with Crippen molar-refractivity contribution in [3.63, 3.8) is 0 Å². The zero-order valence-electron chi connectivity index (χ0n) is 13.6. The summed E-state index contributed by atoms with van der Waals surface area (Å²) in [5.74, 6) is -1.36. The molecular formula is C16H30O4. The summed E-state index contributed by atoms with van der Waals surface area (Å²) in [6.45, 7) is 10.1. The molecule has 4 nitrogen and oxygen atoms in total. The Labute approximate surface area is 122 Å². The van der Waals surface area contributed by atoms with Crippen molar-refractivity contribution in [2.24, 2.45) is 17.3 Å². The van der Waals surface area contributed by atoms with Gasteiger partial charge in [0.05, 0.1) is 6.61 Å². The van der Waals surface area contributed by atoms with E-state index in [1.807, 2.05) is 27.7 Å². The van der Waals surface area contributed by atoms with E-state index in [0.717, 1.165) is 19.3 Å². The maximum Gasteiger partial charge on any atom is 0.323 e. The summed E-state index contributed by atoms with van der Waals surface area (Å²) < 4.78 is 5.25. The fourth-order valence-electron chi connectivity index (χ4n) is 2.56. The van der Waals surface area contributed by atoms with Gasteiger partial charge in [-0.05, 0) is 31.1 Å². The smallest absolute Gasteiger partial charge is 0.323 e. The molecule has 0 heterocycles. The number of esters is 1. The molecule has 0 aromatic rings. The minimum atomic E-state index is -1.39. The van der Waals surface area contributed by atoms with Crippen molar-refractivity contribution >= 4 is 11.9 Å². The molecule has 0 amide bonds. The number of aliphatic carboxylic acids is 1. The van der Waals surface area contributed by atoms with E-state index in [4.69, 9.17) is 4.74 Å². The van der Waals surface area contributed by atoms with Gasteiger partial charge < -0.3 is 9.84 Å². The topological polar surface area (TPSA) is 63.6 Å². The van der Waals surface area contributed by atoms with Crippen LogP contribution in [0.5, 0.6) is 0 Å². The molecule has 0 aliphatic heterocycles. The first-order chi connectivity index (χ1) is 9.26. The monoisotopic (exact) mass is 286 g/mol. The fraction of sp³-hybridized carbons (Fsp3) is 0.875. The molecule has 0 spiro atoms. The van der Waals surface area contributed by atoms with Crippen LogP contribution >= 0.6 is 0 Å². The van der Waals surface area contributed by atoms with Crippen LogP contribution in [-0.4, -0.2) is 23.7 Å². The minimum Gasteiger partial charge on any atom is -0.480 e. The molecule has 0 saturated heterocycles. The molecule has 0 saturated carbocycles. The first kappa shape index (κ1) is 18.9. The molecule has 0 fully saturated rings. The highest BCUT2D eigenvalue weighted by molar-refractivity contribution is 5.99. The van der Waals surface area contributed by atoms with Gasteiger partial charge in [0.1, 0.15) is 0 Å². The van der Waals surface area contributed by atoms with Crippen LogP contribution in [0.3, 0.4) is 0 Å². The summed E-state index contributed by atoms with van der Waals surface area (Å²) in [6.07, 6.45) is 3.48. The molecular weight excluding hydrogens is 256 g/mol. The molecule has 0 aromatic heterocycles. The number of carbonyl (C=O) groups excluding carboxylic acids is 1. The second-order valence-corrected chi connectivity index (χ2v) is 6.43. The lowest BCUT2D eigenvalue weighted by Crippen LogP contribution is -2.43. The van der Waals surface area contributed by atoms with E-state index < -0.39 is 17.4 Å². The summed E-state index contributed by atoms with van der Waals surface area (Å²) in [4.78, 5) is 24.1. The van der Waals surface area contributed by atoms with Crippen LogP contribution in [0.4, 0.5) is 0 Å². The van der Waals surface area contributed by atoms with Gasteiger partial charge in [-0.3, -0.25) is 9.59 Å². The average Bonchev–Trinajstić information content (AvgIpc) is 2.31. The van der Waals surface area contributed by atoms with Gasteiger partial charge in [-0.2, -0.15) is 0 Å². The highest BCUT2D eigenvalue weighted by atomic mass is 16.5. The molecule has 0 atom stereocenters. The van der Waals surface area contributed by atoms with Crippen molar-refractivity contribution in [2.45, 2.75) is 66.7 Å². The van der Waals surface area contributed by atoms with Gasteiger partial charge in [0.2, 0.25) is 0 Å². The van der Waals surface area contributed by atoms with E-state index >= 15 is 0 Å². The van der Waals surface area contributed by atoms with Crippen molar-refractivity contribution in [3.05, 3.63) is 0 Å². The lowest BCUT2D eigenvalue weighted by Gasteiger charge is -2.30. The number of rotatable bonds is 10. The first-order valence-electron chi connectivity index (χ1n) is 7.66. The number of carboxylic acid groups (broad SMARTS) is 1. The molecule has 118 valence electrons. The van der Waals surface area contributed by atoms with E-state index in [-0.39, 0.29) is 11.8 Å². The van der Waals surface area contributed by atoms with E-state index in [2.05, 4.69) is 6.92 Å². The summed E-state index contributed by atoms with van der Waals surface area (Å²) in [6, 6.07) is 0. The van der Waals surface area contributed by atoms with Gasteiger partial charge >= 0.3 is 11.9 Å². The summed E-state index contributed by atoms with van der Waals surface area (Å²) in [7, 11) is 0. The van der Waals surface area contributed by atoms with Crippen molar-refractivity contribution < 1.29 is 19.4 Å². The van der Waals surface area contributed by atoms with Crippen molar-refractivity contribution in [1.82, 2.24) is 0 Å². The number of unbranched alkanes of at least 4 members (excludes halogenated alkanes) is 2. The molecule has 1 N–H and O–H groups in total. The summed E-state index contributed by atoms with van der Waals surface area (Å²) in [5.41, 5.74) is -1.39. The Kier molecular flexibility index (Phi) is 8.51. The maximum absolute atomic E-state index is 12.3. The van der Waals surface area contributed by atoms with Crippen LogP contribution in [0.25, 0.3) is 0 Å². The molecule has 0 bridgehead atoms. The Hall–Kier alpha value is -1.06. The second kappa shape index (κ2) is 8.98. The number of ether oxygens (including phenoxy) is 1. The molecule has 0 aliphatic carbocycles. The van der Waals surface area contributed by atoms with Gasteiger partial charge in [0.25, 0.3) is 0 Å². The van der Waals surface area contributed by atoms with Crippen molar-refractivity contribution in [3.8, 4) is 0 Å². The highest BCUT2D eigenvalue weighted by Gasteiger charge is 2.48. The van der Waals surface area contributed by atoms with Crippen LogP contribution in [0.2, 0.25) is 0 Å². The third-order valence-electron chi connectivity index (χ3n) is 3.29. The first-order valence-corrected chi connectivity index (χ1v) is 7.66. The lowest BCUT2D eigenvalue weighted by molar-refractivity contribution is -0.172. The predicted octanol–water partition coefficient (Wildman–Crippen LogP) is 3.88. The van der Waals surface area contributed by atoms with Crippen LogP contribution in [0, 0.1) is 17.3 Å². The normalized spacial score (nSPS) is 11.9. The molecule has 0 rings (SSSR count). The Morgan fingerprint density at radius 1 is 1.05 bits per heavy atom. The van der Waals surface area contributed by atoms with Crippen LogP contribution < -0.4 is 0 Å². The molecule has 0 aliphatic rings. The second-order valence-electron chi connectivity index (χ2n) is 6.43. The molecule has 0 unspecified atom stereocenters. The van der Waals surface area contributed by atoms with Crippen molar-refractivity contribution in [2.75, 3.05) is 6.61 Å². The van der Waals surface area contributed by atoms with Gasteiger partial charge in [-0.25, -0.2) is 0 Å². The average molecular weight is 286 g/mol. The van der Waals surface area contributed by atoms with Crippen molar-refractivity contribution in [1.29, 1.82) is 0 Å². The van der Waals surface area contributed by atoms with Crippen LogP contribution in [-0.2, 0) is 14.3 Å². The molecule has 0 aromatic carbocycles. The third kappa shape index (κ3) is 5.93. The fourth-order valence-corrected chi connectivity index (χ4v) is 2.56. The Morgan fingerprint density at radius 2 is 1.55 bits per heavy atom. The zero-order chi connectivity index (χ0) is 15.8. The van der Waals surface area contributed by atoms with Gasteiger partial charge in [0.15, 0.2) is 5.41 Å². The van der Waals surface area contributed by atoms with Crippen LogP contribution in [0.1, 0.15) is 66.7 Å². The minimum absolute atomic E-state index is 0.132.